The zero-order valence-corrected chi connectivity index (χ0v) is 22.8. The lowest BCUT2D eigenvalue weighted by Gasteiger charge is -2.29. The van der Waals surface area contributed by atoms with Crippen LogP contribution in [0.5, 0.6) is 0 Å². The third-order valence-electron chi connectivity index (χ3n) is 7.85. The molecule has 3 saturated heterocycles. The average molecular weight is 526 g/mol. The van der Waals surface area contributed by atoms with Crippen LogP contribution in [0.4, 0.5) is 5.69 Å². The number of ketones is 1. The first-order valence-corrected chi connectivity index (χ1v) is 13.6. The standard InChI is InChI=1S/C28H39N5O5/c1-18(2)15-22(29-27(37)20-7-9-21(10-8-20)31-12-5-6-13-31)28(38)32-14-11-23-26(32)24(35)16-33(23)25(36)17-30(4)19(3)34/h7-10,18,22-23,26H,5-6,11-17H2,1-4H3,(H,29,37). The minimum atomic E-state index is -0.777. The fourth-order valence-corrected chi connectivity index (χ4v) is 5.73. The summed E-state index contributed by atoms with van der Waals surface area (Å²) in [5.74, 6) is -1.21. The van der Waals surface area contributed by atoms with Crippen LogP contribution < -0.4 is 10.2 Å². The van der Waals surface area contributed by atoms with Crippen LogP contribution in [0.15, 0.2) is 24.3 Å². The van der Waals surface area contributed by atoms with Gasteiger partial charge < -0.3 is 24.9 Å². The third-order valence-corrected chi connectivity index (χ3v) is 7.85. The van der Waals surface area contributed by atoms with Crippen LogP contribution in [0.3, 0.4) is 0 Å². The van der Waals surface area contributed by atoms with E-state index in [1.54, 1.807) is 24.1 Å². The maximum absolute atomic E-state index is 13.7. The molecule has 4 amide bonds. The van der Waals surface area contributed by atoms with Gasteiger partial charge in [0.2, 0.25) is 17.7 Å². The Hall–Kier alpha value is -3.43. The number of fused-ring (bicyclic) bond motifs is 1. The molecule has 0 spiro atoms. The Morgan fingerprint density at radius 3 is 2.29 bits per heavy atom. The lowest BCUT2D eigenvalue weighted by atomic mass is 10.0. The highest BCUT2D eigenvalue weighted by Crippen LogP contribution is 2.31. The highest BCUT2D eigenvalue weighted by molar-refractivity contribution is 6.01. The van der Waals surface area contributed by atoms with Crippen LogP contribution >= 0.6 is 0 Å². The Bertz CT molecular complexity index is 1080. The zero-order chi connectivity index (χ0) is 27.6. The number of rotatable bonds is 8. The van der Waals surface area contributed by atoms with Crippen molar-refractivity contribution < 1.29 is 24.0 Å². The SMILES string of the molecule is CC(=O)N(C)CC(=O)N1CC(=O)C2C1CCN2C(=O)C(CC(C)C)NC(=O)c1ccc(N2CCCC2)cc1. The summed E-state index contributed by atoms with van der Waals surface area (Å²) in [6.45, 7) is 7.53. The normalized spacial score (nSPS) is 21.6. The molecule has 10 nitrogen and oxygen atoms in total. The molecule has 4 rings (SSSR count). The number of nitrogens with one attached hydrogen (secondary N) is 1. The molecule has 1 N–H and O–H groups in total. The Kier molecular flexibility index (Phi) is 8.38. The summed E-state index contributed by atoms with van der Waals surface area (Å²) in [6, 6.07) is 5.55. The number of anilines is 1. The quantitative estimate of drug-likeness (QED) is 0.548. The maximum Gasteiger partial charge on any atom is 0.251 e. The largest absolute Gasteiger partial charge is 0.372 e. The summed E-state index contributed by atoms with van der Waals surface area (Å²) in [5.41, 5.74) is 1.57. The predicted molar refractivity (Wildman–Crippen MR) is 143 cm³/mol. The number of likely N-dealkylation sites (N-methyl/N-ethyl adjacent to an activating group) is 1. The van der Waals surface area contributed by atoms with Gasteiger partial charge >= 0.3 is 0 Å². The Balaban J connectivity index is 1.44. The van der Waals surface area contributed by atoms with Crippen molar-refractivity contribution in [3.63, 3.8) is 0 Å². The van der Waals surface area contributed by atoms with E-state index in [0.717, 1.165) is 18.8 Å². The fraction of sp³-hybridized carbons (Fsp3) is 0.607. The van der Waals surface area contributed by atoms with Gasteiger partial charge in [-0.15, -0.1) is 0 Å². The first-order chi connectivity index (χ1) is 18.1. The Labute approximate surface area is 224 Å². The molecule has 0 bridgehead atoms. The third kappa shape index (κ3) is 5.84. The van der Waals surface area contributed by atoms with Gasteiger partial charge in [0.1, 0.15) is 12.1 Å². The summed E-state index contributed by atoms with van der Waals surface area (Å²) in [7, 11) is 1.54. The van der Waals surface area contributed by atoms with E-state index in [0.29, 0.717) is 24.9 Å². The van der Waals surface area contributed by atoms with Crippen molar-refractivity contribution in [3.8, 4) is 0 Å². The number of hydrogen-bond acceptors (Lipinski definition) is 6. The molecular formula is C28H39N5O5. The molecule has 3 aliphatic heterocycles. The van der Waals surface area contributed by atoms with Crippen LogP contribution in [0, 0.1) is 5.92 Å². The van der Waals surface area contributed by atoms with Gasteiger partial charge in [0.15, 0.2) is 5.78 Å². The number of carbonyl (C=O) groups excluding carboxylic acids is 5. The summed E-state index contributed by atoms with van der Waals surface area (Å²) in [5, 5.41) is 2.92. The fourth-order valence-electron chi connectivity index (χ4n) is 5.73. The molecular weight excluding hydrogens is 486 g/mol. The van der Waals surface area contributed by atoms with E-state index in [1.807, 2.05) is 26.0 Å². The second-order valence-corrected chi connectivity index (χ2v) is 11.1. The van der Waals surface area contributed by atoms with Crippen LogP contribution in [-0.4, -0.2) is 102 Å². The molecule has 3 atom stereocenters. The van der Waals surface area contributed by atoms with Gasteiger partial charge in [-0.2, -0.15) is 0 Å². The second-order valence-electron chi connectivity index (χ2n) is 11.1. The van der Waals surface area contributed by atoms with E-state index in [2.05, 4.69) is 10.2 Å². The minimum absolute atomic E-state index is 0.0751. The second kappa shape index (κ2) is 11.5. The van der Waals surface area contributed by atoms with E-state index in [-0.39, 0.29) is 48.4 Å². The van der Waals surface area contributed by atoms with Crippen LogP contribution in [-0.2, 0) is 19.2 Å². The molecule has 0 radical (unpaired) electrons. The van der Waals surface area contributed by atoms with Crippen LogP contribution in [0.25, 0.3) is 0 Å². The number of amides is 4. The maximum atomic E-state index is 13.7. The van der Waals surface area contributed by atoms with E-state index < -0.39 is 18.1 Å². The molecule has 0 aliphatic carbocycles. The van der Waals surface area contributed by atoms with Gasteiger partial charge in [-0.1, -0.05) is 13.8 Å². The number of benzene rings is 1. The zero-order valence-electron chi connectivity index (χ0n) is 22.8. The summed E-state index contributed by atoms with van der Waals surface area (Å²) in [4.78, 5) is 70.8. The highest BCUT2D eigenvalue weighted by atomic mass is 16.2. The molecule has 3 heterocycles. The smallest absolute Gasteiger partial charge is 0.251 e. The lowest BCUT2D eigenvalue weighted by molar-refractivity contribution is -0.139. The number of hydrogen-bond donors (Lipinski definition) is 1. The Morgan fingerprint density at radius 2 is 1.68 bits per heavy atom. The van der Waals surface area contributed by atoms with Gasteiger partial charge in [-0.25, -0.2) is 0 Å². The molecule has 3 aliphatic rings. The van der Waals surface area contributed by atoms with E-state index in [4.69, 9.17) is 0 Å². The summed E-state index contributed by atoms with van der Waals surface area (Å²) in [6.07, 6.45) is 3.26. The lowest BCUT2D eigenvalue weighted by Crippen LogP contribution is -2.53. The van der Waals surface area contributed by atoms with Crippen molar-refractivity contribution in [2.45, 2.75) is 64.6 Å². The number of carbonyl (C=O) groups is 5. The van der Waals surface area contributed by atoms with E-state index in [9.17, 15) is 24.0 Å². The molecule has 38 heavy (non-hydrogen) atoms. The van der Waals surface area contributed by atoms with Crippen LogP contribution in [0.1, 0.15) is 56.8 Å². The van der Waals surface area contributed by atoms with Crippen LogP contribution in [0.2, 0.25) is 0 Å². The molecule has 10 heteroatoms. The van der Waals surface area contributed by atoms with Crippen molar-refractivity contribution >= 4 is 35.1 Å². The molecule has 3 unspecified atom stereocenters. The van der Waals surface area contributed by atoms with Gasteiger partial charge in [0.25, 0.3) is 5.91 Å². The molecule has 206 valence electrons. The van der Waals surface area contributed by atoms with Crippen molar-refractivity contribution in [1.82, 2.24) is 20.0 Å². The topological polar surface area (TPSA) is 110 Å². The van der Waals surface area contributed by atoms with Gasteiger partial charge in [0, 0.05) is 44.9 Å². The van der Waals surface area contributed by atoms with E-state index in [1.165, 1.54) is 29.6 Å². The first kappa shape index (κ1) is 27.6. The Morgan fingerprint density at radius 1 is 1.03 bits per heavy atom. The monoisotopic (exact) mass is 525 g/mol. The van der Waals surface area contributed by atoms with Crippen molar-refractivity contribution in [3.05, 3.63) is 29.8 Å². The van der Waals surface area contributed by atoms with Crippen molar-refractivity contribution in [2.75, 3.05) is 44.7 Å². The molecule has 1 aromatic rings. The molecule has 1 aromatic carbocycles. The van der Waals surface area contributed by atoms with Gasteiger partial charge in [-0.05, 0) is 55.9 Å². The van der Waals surface area contributed by atoms with E-state index >= 15 is 0 Å². The molecule has 0 saturated carbocycles. The minimum Gasteiger partial charge on any atom is -0.372 e. The highest BCUT2D eigenvalue weighted by Gasteiger charge is 2.52. The molecule has 0 aromatic heterocycles. The number of Topliss-reactive ketones (excluding diaryl/α,β-unsaturated/α-hetero) is 1. The average Bonchev–Trinajstić information content (AvgIpc) is 3.62. The van der Waals surface area contributed by atoms with Crippen molar-refractivity contribution in [2.24, 2.45) is 5.92 Å². The predicted octanol–water partition coefficient (Wildman–Crippen LogP) is 1.29. The first-order valence-electron chi connectivity index (χ1n) is 13.6. The molecule has 3 fully saturated rings. The number of likely N-dealkylation sites (tertiary alicyclic amines) is 2. The number of nitrogens with zero attached hydrogens (tertiary/aromatic N) is 4. The van der Waals surface area contributed by atoms with Gasteiger partial charge in [0.05, 0.1) is 19.1 Å². The van der Waals surface area contributed by atoms with Gasteiger partial charge in [-0.3, -0.25) is 24.0 Å². The summed E-state index contributed by atoms with van der Waals surface area (Å²) >= 11 is 0. The van der Waals surface area contributed by atoms with Crippen molar-refractivity contribution in [1.29, 1.82) is 0 Å². The summed E-state index contributed by atoms with van der Waals surface area (Å²) < 4.78 is 0.